The minimum atomic E-state index is -3.38. The number of allylic oxidation sites excluding steroid dienone is 1. The second-order valence-electron chi connectivity index (χ2n) is 2.79. The minimum absolute atomic E-state index is 0.133. The van der Waals surface area contributed by atoms with E-state index in [0.717, 1.165) is 4.41 Å². The van der Waals surface area contributed by atoms with Crippen LogP contribution in [0.4, 0.5) is 0 Å². The number of hydrogen-bond acceptors (Lipinski definition) is 0. The molecule has 0 aliphatic rings. The number of halogens is 6. The van der Waals surface area contributed by atoms with Crippen LogP contribution in [-0.2, 0) is 0 Å². The fourth-order valence-electron chi connectivity index (χ4n) is 0.752. The van der Waals surface area contributed by atoms with Gasteiger partial charge in [0.15, 0.2) is 0 Å². The van der Waals surface area contributed by atoms with Crippen molar-refractivity contribution in [2.45, 2.75) is 13.8 Å². The van der Waals surface area contributed by atoms with Crippen molar-refractivity contribution in [1.82, 2.24) is 0 Å². The van der Waals surface area contributed by atoms with E-state index in [-0.39, 0.29) is 5.92 Å². The fraction of sp³-hybridized carbons (Fsp3) is 0.600. The van der Waals surface area contributed by atoms with Crippen LogP contribution in [0, 0.1) is 5.92 Å². The van der Waals surface area contributed by atoms with Gasteiger partial charge in [-0.25, -0.2) is 0 Å². The monoisotopic (exact) mass is 426 g/mol. The molecule has 0 amide bonds. The van der Waals surface area contributed by atoms with Gasteiger partial charge in [-0.2, -0.15) is 0 Å². The first-order chi connectivity index (χ1) is 5.54. The molecule has 13 heavy (non-hydrogen) atoms. The molecule has 0 radical (unpaired) electrons. The molecule has 0 aromatic rings. The quantitative estimate of drug-likeness (QED) is 0.561. The van der Waals surface area contributed by atoms with Gasteiger partial charge in [-0.1, -0.05) is 0 Å². The first kappa shape index (κ1) is 15.6. The zero-order chi connectivity index (χ0) is 10.9. The van der Waals surface area contributed by atoms with Gasteiger partial charge in [0.25, 0.3) is 0 Å². The summed E-state index contributed by atoms with van der Waals surface area (Å²) < 4.78 is 0.741. The second kappa shape index (κ2) is 5.76. The Morgan fingerprint density at radius 2 is 1.38 bits per heavy atom. The second-order valence-corrected chi connectivity index (χ2v) is 33.1. The summed E-state index contributed by atoms with van der Waals surface area (Å²) in [5.41, 5.74) is 0. The van der Waals surface area contributed by atoms with E-state index in [4.69, 9.17) is 60.1 Å². The standard InChI is InChI=1S/C5H8Cl6Ge2/c1-4(2)5(13(9,10)11)3-12(6,7)8/h3-4H,1-2H3. The molecule has 0 N–H and O–H groups in total. The van der Waals surface area contributed by atoms with Gasteiger partial charge in [-0.15, -0.1) is 0 Å². The average molecular weight is 426 g/mol. The summed E-state index contributed by atoms with van der Waals surface area (Å²) in [7, 11) is 28.3. The molecular weight excluding hydrogens is 418 g/mol. The van der Waals surface area contributed by atoms with Crippen molar-refractivity contribution in [3.63, 3.8) is 0 Å². The van der Waals surface area contributed by atoms with E-state index < -0.39 is 21.0 Å². The molecule has 0 saturated carbocycles. The van der Waals surface area contributed by atoms with Crippen molar-refractivity contribution < 1.29 is 0 Å². The molecule has 8 heteroatoms. The van der Waals surface area contributed by atoms with Crippen molar-refractivity contribution in [1.29, 1.82) is 0 Å². The Labute approximate surface area is 109 Å². The summed E-state index contributed by atoms with van der Waals surface area (Å²) >= 11 is 0. The van der Waals surface area contributed by atoms with Gasteiger partial charge < -0.3 is 0 Å². The Hall–Kier alpha value is 2.57. The van der Waals surface area contributed by atoms with Crippen molar-refractivity contribution in [3.8, 4) is 0 Å². The van der Waals surface area contributed by atoms with E-state index in [2.05, 4.69) is 0 Å². The van der Waals surface area contributed by atoms with Crippen LogP contribution in [0.5, 0.6) is 0 Å². The third kappa shape index (κ3) is 7.45. The van der Waals surface area contributed by atoms with Crippen LogP contribution in [0.3, 0.4) is 0 Å². The Bertz CT molecular complexity index is 200. The molecule has 0 aromatic carbocycles. The Morgan fingerprint density at radius 1 is 1.00 bits per heavy atom. The first-order valence-electron chi connectivity index (χ1n) is 3.40. The molecule has 0 atom stereocenters. The summed E-state index contributed by atoms with van der Waals surface area (Å²) in [6.45, 7) is 3.86. The Morgan fingerprint density at radius 3 is 1.46 bits per heavy atom. The van der Waals surface area contributed by atoms with Gasteiger partial charge >= 0.3 is 110 Å². The molecule has 0 aromatic heterocycles. The van der Waals surface area contributed by atoms with Crippen molar-refractivity contribution >= 4 is 81.0 Å². The molecule has 0 aliphatic carbocycles. The zero-order valence-corrected chi connectivity index (χ0v) is 15.7. The zero-order valence-electron chi connectivity index (χ0n) is 6.92. The predicted molar refractivity (Wildman–Crippen MR) is 69.5 cm³/mol. The molecule has 0 aliphatic heterocycles. The van der Waals surface area contributed by atoms with E-state index in [1.165, 1.54) is 0 Å². The summed E-state index contributed by atoms with van der Waals surface area (Å²) in [6.07, 6.45) is 0. The Balaban J connectivity index is 4.95. The maximum atomic E-state index is 5.90. The number of hydrogen-bond donors (Lipinski definition) is 0. The fourth-order valence-corrected chi connectivity index (χ4v) is 20.7. The maximum absolute atomic E-state index is 5.90. The number of rotatable bonds is 3. The van der Waals surface area contributed by atoms with E-state index in [1.54, 1.807) is 4.91 Å². The van der Waals surface area contributed by atoms with Crippen molar-refractivity contribution in [2.24, 2.45) is 5.92 Å². The van der Waals surface area contributed by atoms with Gasteiger partial charge in [-0.3, -0.25) is 0 Å². The molecule has 0 nitrogen and oxygen atoms in total. The van der Waals surface area contributed by atoms with Crippen LogP contribution in [-0.4, -0.2) is 21.0 Å². The third-order valence-electron chi connectivity index (χ3n) is 1.27. The summed E-state index contributed by atoms with van der Waals surface area (Å²) in [5, 5.41) is 0. The van der Waals surface area contributed by atoms with E-state index in [9.17, 15) is 0 Å². The summed E-state index contributed by atoms with van der Waals surface area (Å²) in [6, 6.07) is 0. The van der Waals surface area contributed by atoms with Crippen molar-refractivity contribution in [3.05, 3.63) is 9.31 Å². The predicted octanol–water partition coefficient (Wildman–Crippen LogP) is 4.96. The SMILES string of the molecule is CC(C)[C](=[CH][Ge]([Cl])([Cl])[Cl])[Ge]([Cl])([Cl])[Cl]. The molecule has 0 heterocycles. The van der Waals surface area contributed by atoms with E-state index in [0.29, 0.717) is 0 Å². The molecular formula is C5H8Cl6Ge2. The molecule has 78 valence electrons. The normalized spacial score (nSPS) is 15.3. The molecule has 0 bridgehead atoms. The van der Waals surface area contributed by atoms with Gasteiger partial charge in [0.1, 0.15) is 0 Å². The van der Waals surface area contributed by atoms with Crippen LogP contribution in [0.15, 0.2) is 9.31 Å². The molecule has 0 saturated heterocycles. The van der Waals surface area contributed by atoms with E-state index in [1.807, 2.05) is 13.8 Å². The van der Waals surface area contributed by atoms with Gasteiger partial charge in [0.05, 0.1) is 0 Å². The molecule has 0 fully saturated rings. The average Bonchev–Trinajstić information content (AvgIpc) is 1.77. The summed E-state index contributed by atoms with van der Waals surface area (Å²) in [4.78, 5) is 1.60. The molecule has 0 rings (SSSR count). The van der Waals surface area contributed by atoms with Gasteiger partial charge in [0.2, 0.25) is 0 Å². The molecule has 0 unspecified atom stereocenters. The topological polar surface area (TPSA) is 0 Å². The van der Waals surface area contributed by atoms with Crippen LogP contribution >= 0.6 is 60.1 Å². The summed E-state index contributed by atoms with van der Waals surface area (Å²) in [5.74, 6) is 0.133. The van der Waals surface area contributed by atoms with Gasteiger partial charge in [0, 0.05) is 0 Å². The van der Waals surface area contributed by atoms with Crippen LogP contribution in [0.25, 0.3) is 0 Å². The van der Waals surface area contributed by atoms with Crippen LogP contribution < -0.4 is 0 Å². The molecule has 0 spiro atoms. The van der Waals surface area contributed by atoms with Crippen LogP contribution in [0.2, 0.25) is 0 Å². The van der Waals surface area contributed by atoms with Crippen molar-refractivity contribution in [2.75, 3.05) is 0 Å². The van der Waals surface area contributed by atoms with Crippen LogP contribution in [0.1, 0.15) is 13.8 Å². The first-order valence-corrected chi connectivity index (χ1v) is 22.2. The Kier molecular flexibility index (Phi) is 6.90. The third-order valence-corrected chi connectivity index (χ3v) is 11.9. The van der Waals surface area contributed by atoms with E-state index >= 15 is 0 Å². The van der Waals surface area contributed by atoms with Gasteiger partial charge in [-0.05, 0) is 0 Å².